The minimum absolute atomic E-state index is 0.413. The van der Waals surface area contributed by atoms with Crippen molar-refractivity contribution >= 4 is 16.9 Å². The highest BCUT2D eigenvalue weighted by Gasteiger charge is 2.14. The summed E-state index contributed by atoms with van der Waals surface area (Å²) in [6.07, 6.45) is 9.64. The van der Waals surface area contributed by atoms with Crippen molar-refractivity contribution in [2.45, 2.75) is 18.9 Å². The molecule has 8 heteroatoms. The van der Waals surface area contributed by atoms with Crippen LogP contribution in [0.2, 0.25) is 0 Å². The van der Waals surface area contributed by atoms with Gasteiger partial charge in [-0.1, -0.05) is 12.1 Å². The summed E-state index contributed by atoms with van der Waals surface area (Å²) in [5.74, 6) is 0.872. The van der Waals surface area contributed by atoms with E-state index in [9.17, 15) is 0 Å². The number of nitrogens with zero attached hydrogens (tertiary/aromatic N) is 6. The number of piperidine rings is 1. The van der Waals surface area contributed by atoms with Crippen LogP contribution in [-0.2, 0) is 0 Å². The predicted molar refractivity (Wildman–Crippen MR) is 128 cm³/mol. The quantitative estimate of drug-likeness (QED) is 0.447. The Kier molecular flexibility index (Phi) is 5.95. The SMILES string of the molecule is N#Cc1ccn2ncc(-c3cccc(N[C@H]4CCCNC4)n3)c2c1.c1ccn2nccc2c1. The van der Waals surface area contributed by atoms with Crippen LogP contribution in [0.25, 0.3) is 22.3 Å². The molecule has 6 rings (SSSR count). The van der Waals surface area contributed by atoms with Crippen molar-refractivity contribution in [1.82, 2.24) is 29.5 Å². The first-order valence-electron chi connectivity index (χ1n) is 11.0. The summed E-state index contributed by atoms with van der Waals surface area (Å²) in [6, 6.07) is 20.1. The molecule has 1 aliphatic heterocycles. The molecule has 1 aliphatic rings. The van der Waals surface area contributed by atoms with Crippen molar-refractivity contribution in [2.24, 2.45) is 0 Å². The Morgan fingerprint density at radius 3 is 2.85 bits per heavy atom. The van der Waals surface area contributed by atoms with Crippen LogP contribution < -0.4 is 10.6 Å². The smallest absolute Gasteiger partial charge is 0.126 e. The van der Waals surface area contributed by atoms with Gasteiger partial charge in [-0.25, -0.2) is 14.0 Å². The average Bonchev–Trinajstić information content (AvgIpc) is 3.52. The molecule has 0 radical (unpaired) electrons. The molecule has 1 fully saturated rings. The maximum atomic E-state index is 9.11. The second kappa shape index (κ2) is 9.51. The zero-order valence-electron chi connectivity index (χ0n) is 18.1. The topological polar surface area (TPSA) is 95.3 Å². The van der Waals surface area contributed by atoms with Crippen LogP contribution in [0.4, 0.5) is 5.82 Å². The largest absolute Gasteiger partial charge is 0.366 e. The summed E-state index contributed by atoms with van der Waals surface area (Å²) < 4.78 is 3.60. The number of aromatic nitrogens is 5. The number of anilines is 1. The molecule has 1 saturated heterocycles. The fourth-order valence-corrected chi connectivity index (χ4v) is 3.96. The van der Waals surface area contributed by atoms with Crippen molar-refractivity contribution in [3.63, 3.8) is 0 Å². The number of fused-ring (bicyclic) bond motifs is 2. The van der Waals surface area contributed by atoms with Crippen LogP contribution in [0.3, 0.4) is 0 Å². The molecular weight excluding hydrogens is 412 g/mol. The monoisotopic (exact) mass is 436 g/mol. The molecule has 0 amide bonds. The third-order valence-electron chi connectivity index (χ3n) is 5.63. The highest BCUT2D eigenvalue weighted by Crippen LogP contribution is 2.25. The summed E-state index contributed by atoms with van der Waals surface area (Å²) >= 11 is 0. The van der Waals surface area contributed by atoms with Crippen LogP contribution in [0.15, 0.2) is 79.4 Å². The van der Waals surface area contributed by atoms with Gasteiger partial charge in [-0.2, -0.15) is 15.5 Å². The van der Waals surface area contributed by atoms with Gasteiger partial charge in [0.2, 0.25) is 0 Å². The van der Waals surface area contributed by atoms with E-state index in [1.165, 1.54) is 6.42 Å². The molecule has 2 N–H and O–H groups in total. The second-order valence-corrected chi connectivity index (χ2v) is 7.91. The Morgan fingerprint density at radius 2 is 2.00 bits per heavy atom. The van der Waals surface area contributed by atoms with Gasteiger partial charge >= 0.3 is 0 Å². The molecule has 5 aromatic rings. The van der Waals surface area contributed by atoms with Crippen molar-refractivity contribution < 1.29 is 0 Å². The zero-order valence-corrected chi connectivity index (χ0v) is 18.1. The van der Waals surface area contributed by atoms with E-state index >= 15 is 0 Å². The van der Waals surface area contributed by atoms with E-state index in [4.69, 9.17) is 10.2 Å². The van der Waals surface area contributed by atoms with Gasteiger partial charge in [0, 0.05) is 36.7 Å². The number of nitriles is 1. The third-order valence-corrected chi connectivity index (χ3v) is 5.63. The van der Waals surface area contributed by atoms with Crippen LogP contribution in [-0.4, -0.2) is 43.3 Å². The number of nitrogens with one attached hydrogen (secondary N) is 2. The van der Waals surface area contributed by atoms with Crippen molar-refractivity contribution in [3.8, 4) is 17.3 Å². The van der Waals surface area contributed by atoms with Crippen LogP contribution >= 0.6 is 0 Å². The minimum Gasteiger partial charge on any atom is -0.366 e. The van der Waals surface area contributed by atoms with E-state index < -0.39 is 0 Å². The number of hydrogen-bond acceptors (Lipinski definition) is 6. The van der Waals surface area contributed by atoms with E-state index in [-0.39, 0.29) is 0 Å². The Morgan fingerprint density at radius 1 is 1.03 bits per heavy atom. The fraction of sp³-hybridized carbons (Fsp3) is 0.200. The lowest BCUT2D eigenvalue weighted by Gasteiger charge is -2.24. The summed E-state index contributed by atoms with van der Waals surface area (Å²) in [4.78, 5) is 4.74. The first-order valence-corrected chi connectivity index (χ1v) is 11.0. The third kappa shape index (κ3) is 4.68. The van der Waals surface area contributed by atoms with E-state index in [1.807, 2.05) is 59.2 Å². The van der Waals surface area contributed by atoms with Crippen LogP contribution in [0.5, 0.6) is 0 Å². The van der Waals surface area contributed by atoms with E-state index in [2.05, 4.69) is 26.9 Å². The first kappa shape index (κ1) is 20.7. The second-order valence-electron chi connectivity index (χ2n) is 7.91. The molecule has 8 nitrogen and oxygen atoms in total. The molecule has 6 heterocycles. The summed E-state index contributed by atoms with van der Waals surface area (Å²) in [7, 11) is 0. The number of rotatable bonds is 3. The zero-order chi connectivity index (χ0) is 22.5. The summed E-state index contributed by atoms with van der Waals surface area (Å²) in [5.41, 5.74) is 4.42. The van der Waals surface area contributed by atoms with Gasteiger partial charge < -0.3 is 10.6 Å². The molecular formula is C25H24N8. The lowest BCUT2D eigenvalue weighted by molar-refractivity contribution is 0.479. The molecule has 164 valence electrons. The normalized spacial score (nSPS) is 15.5. The summed E-state index contributed by atoms with van der Waals surface area (Å²) in [5, 5.41) is 24.4. The van der Waals surface area contributed by atoms with Gasteiger partial charge in [0.05, 0.1) is 34.6 Å². The Bertz CT molecular complexity index is 1370. The molecule has 33 heavy (non-hydrogen) atoms. The summed E-state index contributed by atoms with van der Waals surface area (Å²) in [6.45, 7) is 2.06. The number of pyridine rings is 3. The van der Waals surface area contributed by atoms with Crippen LogP contribution in [0.1, 0.15) is 18.4 Å². The van der Waals surface area contributed by atoms with E-state index in [0.29, 0.717) is 11.6 Å². The molecule has 0 aliphatic carbocycles. The molecule has 0 aromatic carbocycles. The van der Waals surface area contributed by atoms with Gasteiger partial charge in [-0.3, -0.25) is 0 Å². The van der Waals surface area contributed by atoms with Gasteiger partial charge in [-0.05, 0) is 61.9 Å². The molecule has 1 atom stereocenters. The minimum atomic E-state index is 0.413. The van der Waals surface area contributed by atoms with E-state index in [0.717, 1.165) is 47.6 Å². The lowest BCUT2D eigenvalue weighted by Crippen LogP contribution is -2.38. The highest BCUT2D eigenvalue weighted by molar-refractivity contribution is 5.79. The number of hydrogen-bond donors (Lipinski definition) is 2. The van der Waals surface area contributed by atoms with Crippen molar-refractivity contribution in [1.29, 1.82) is 5.26 Å². The average molecular weight is 437 g/mol. The van der Waals surface area contributed by atoms with Crippen molar-refractivity contribution in [3.05, 3.63) is 84.9 Å². The van der Waals surface area contributed by atoms with Gasteiger partial charge in [0.1, 0.15) is 5.82 Å². The molecule has 0 saturated carbocycles. The van der Waals surface area contributed by atoms with Gasteiger partial charge in [0.25, 0.3) is 0 Å². The molecule has 0 spiro atoms. The molecule has 5 aromatic heterocycles. The maximum absolute atomic E-state index is 9.11. The van der Waals surface area contributed by atoms with Crippen molar-refractivity contribution in [2.75, 3.05) is 18.4 Å². The molecule has 0 unspecified atom stereocenters. The highest BCUT2D eigenvalue weighted by atomic mass is 15.2. The standard InChI is InChI=1S/C18H18N6.C7H6N2/c19-10-13-6-8-24-17(9-13)15(12-21-24)16-4-1-5-18(23-16)22-14-3-2-7-20-11-14;1-2-6-9-7(3-1)4-5-8-9/h1,4-6,8-9,12,14,20H,2-3,7,11H2,(H,22,23);1-6H/t14-;/m0./s1. The van der Waals surface area contributed by atoms with Gasteiger partial charge in [-0.15, -0.1) is 0 Å². The first-order chi connectivity index (χ1) is 16.3. The van der Waals surface area contributed by atoms with E-state index in [1.54, 1.807) is 29.2 Å². The Labute approximate surface area is 191 Å². The lowest BCUT2D eigenvalue weighted by atomic mass is 10.1. The fourth-order valence-electron chi connectivity index (χ4n) is 3.96. The predicted octanol–water partition coefficient (Wildman–Crippen LogP) is 3.77. The molecule has 0 bridgehead atoms. The Hall–Kier alpha value is -4.22. The van der Waals surface area contributed by atoms with Gasteiger partial charge in [0.15, 0.2) is 0 Å². The maximum Gasteiger partial charge on any atom is 0.126 e. The Balaban J connectivity index is 0.000000211. The van der Waals surface area contributed by atoms with Crippen LogP contribution in [0, 0.1) is 11.3 Å².